The molecule has 0 aromatic carbocycles. The van der Waals surface area contributed by atoms with Crippen LogP contribution < -0.4 is 11.1 Å². The van der Waals surface area contributed by atoms with E-state index in [0.717, 1.165) is 0 Å². The van der Waals surface area contributed by atoms with Gasteiger partial charge < -0.3 is 16.2 Å². The fourth-order valence-corrected chi connectivity index (χ4v) is 1.65. The van der Waals surface area contributed by atoms with Gasteiger partial charge >= 0.3 is 0 Å². The second-order valence-corrected chi connectivity index (χ2v) is 4.29. The zero-order chi connectivity index (χ0) is 13.8. The van der Waals surface area contributed by atoms with Crippen LogP contribution in [0.5, 0.6) is 0 Å². The number of nitrogens with zero attached hydrogens (tertiary/aromatic N) is 6. The van der Waals surface area contributed by atoms with Gasteiger partial charge in [0.2, 0.25) is 11.9 Å². The number of hydrogen-bond acceptors (Lipinski definition) is 8. The lowest BCUT2D eigenvalue weighted by atomic mass is 10.2. The summed E-state index contributed by atoms with van der Waals surface area (Å²) in [5.41, 5.74) is 5.63. The van der Waals surface area contributed by atoms with Crippen molar-refractivity contribution in [3.8, 4) is 5.95 Å². The Kier molecular flexibility index (Phi) is 3.85. The number of aromatic nitrogens is 6. The van der Waals surface area contributed by atoms with E-state index in [4.69, 9.17) is 5.73 Å². The van der Waals surface area contributed by atoms with Crippen LogP contribution in [0, 0.1) is 0 Å². The second-order valence-electron chi connectivity index (χ2n) is 4.29. The SMILES string of the molecule is CC(O)CC(C)Nc1nc(N)nc(-n2cncn2)n1. The van der Waals surface area contributed by atoms with Crippen LogP contribution in [-0.4, -0.2) is 47.0 Å². The van der Waals surface area contributed by atoms with Crippen LogP contribution in [0.2, 0.25) is 0 Å². The average molecular weight is 264 g/mol. The first-order valence-corrected chi connectivity index (χ1v) is 5.85. The van der Waals surface area contributed by atoms with Gasteiger partial charge in [-0.2, -0.15) is 24.7 Å². The Hall–Kier alpha value is -2.29. The highest BCUT2D eigenvalue weighted by atomic mass is 16.3. The van der Waals surface area contributed by atoms with Gasteiger partial charge in [-0.3, -0.25) is 0 Å². The standard InChI is InChI=1S/C10H16N8O/c1-6(3-7(2)19)14-9-15-8(11)16-10(17-9)18-5-12-4-13-18/h4-7,19H,3H2,1-2H3,(H3,11,14,15,16,17). The maximum atomic E-state index is 9.32. The Morgan fingerprint density at radius 1 is 1.37 bits per heavy atom. The van der Waals surface area contributed by atoms with Crippen LogP contribution in [-0.2, 0) is 0 Å². The van der Waals surface area contributed by atoms with Crippen molar-refractivity contribution in [2.45, 2.75) is 32.4 Å². The van der Waals surface area contributed by atoms with Gasteiger partial charge in [-0.1, -0.05) is 0 Å². The van der Waals surface area contributed by atoms with Crippen molar-refractivity contribution in [2.75, 3.05) is 11.1 Å². The molecule has 2 atom stereocenters. The topological polar surface area (TPSA) is 128 Å². The van der Waals surface area contributed by atoms with E-state index < -0.39 is 6.10 Å². The predicted molar refractivity (Wildman–Crippen MR) is 68.5 cm³/mol. The van der Waals surface area contributed by atoms with Crippen molar-refractivity contribution in [2.24, 2.45) is 0 Å². The van der Waals surface area contributed by atoms with Crippen molar-refractivity contribution >= 4 is 11.9 Å². The van der Waals surface area contributed by atoms with Crippen molar-refractivity contribution < 1.29 is 5.11 Å². The Morgan fingerprint density at radius 2 is 2.16 bits per heavy atom. The van der Waals surface area contributed by atoms with Gasteiger partial charge in [0.15, 0.2) is 0 Å². The van der Waals surface area contributed by atoms with Crippen molar-refractivity contribution in [3.63, 3.8) is 0 Å². The maximum absolute atomic E-state index is 9.32. The van der Waals surface area contributed by atoms with Gasteiger partial charge in [0.05, 0.1) is 6.10 Å². The number of rotatable bonds is 5. The van der Waals surface area contributed by atoms with Gasteiger partial charge in [0.1, 0.15) is 12.7 Å². The van der Waals surface area contributed by atoms with Crippen LogP contribution >= 0.6 is 0 Å². The minimum atomic E-state index is -0.406. The minimum Gasteiger partial charge on any atom is -0.393 e. The molecule has 0 radical (unpaired) electrons. The number of anilines is 2. The number of nitrogens with two attached hydrogens (primary N) is 1. The van der Waals surface area contributed by atoms with E-state index in [1.165, 1.54) is 17.3 Å². The highest BCUT2D eigenvalue weighted by Gasteiger charge is 2.11. The molecular formula is C10H16N8O. The lowest BCUT2D eigenvalue weighted by molar-refractivity contribution is 0.179. The molecule has 2 aromatic heterocycles. The molecule has 0 saturated heterocycles. The first-order chi connectivity index (χ1) is 9.04. The van der Waals surface area contributed by atoms with Gasteiger partial charge in [0, 0.05) is 6.04 Å². The molecule has 9 heteroatoms. The molecule has 2 unspecified atom stereocenters. The monoisotopic (exact) mass is 264 g/mol. The summed E-state index contributed by atoms with van der Waals surface area (Å²) in [5.74, 6) is 0.718. The lowest BCUT2D eigenvalue weighted by Gasteiger charge is -2.15. The molecule has 0 fully saturated rings. The predicted octanol–water partition coefficient (Wildman–Crippen LogP) is -0.394. The van der Waals surface area contributed by atoms with E-state index in [1.807, 2.05) is 6.92 Å². The van der Waals surface area contributed by atoms with E-state index in [1.54, 1.807) is 6.92 Å². The molecule has 2 heterocycles. The Balaban J connectivity index is 2.18. The van der Waals surface area contributed by atoms with E-state index in [2.05, 4.69) is 30.4 Å². The fraction of sp³-hybridized carbons (Fsp3) is 0.500. The van der Waals surface area contributed by atoms with Crippen molar-refractivity contribution in [3.05, 3.63) is 12.7 Å². The third-order valence-corrected chi connectivity index (χ3v) is 2.33. The molecule has 102 valence electrons. The third-order valence-electron chi connectivity index (χ3n) is 2.33. The first-order valence-electron chi connectivity index (χ1n) is 5.85. The quantitative estimate of drug-likeness (QED) is 0.666. The number of nitrogen functional groups attached to an aromatic ring is 1. The molecular weight excluding hydrogens is 248 g/mol. The zero-order valence-electron chi connectivity index (χ0n) is 10.7. The molecule has 0 saturated carbocycles. The summed E-state index contributed by atoms with van der Waals surface area (Å²) in [6.45, 7) is 3.64. The molecule has 0 bridgehead atoms. The minimum absolute atomic E-state index is 0.00500. The number of nitrogens with one attached hydrogen (secondary N) is 1. The summed E-state index contributed by atoms with van der Waals surface area (Å²) in [6.07, 6.45) is 3.02. The van der Waals surface area contributed by atoms with Crippen molar-refractivity contribution in [1.82, 2.24) is 29.7 Å². The summed E-state index contributed by atoms with van der Waals surface area (Å²) in [5, 5.41) is 16.3. The summed E-state index contributed by atoms with van der Waals surface area (Å²) in [6, 6.07) is 0.00500. The van der Waals surface area contributed by atoms with Gasteiger partial charge in [-0.05, 0) is 20.3 Å². The molecule has 2 aromatic rings. The number of aliphatic hydroxyl groups excluding tert-OH is 1. The Bertz CT molecular complexity index is 526. The van der Waals surface area contributed by atoms with Gasteiger partial charge in [-0.25, -0.2) is 4.98 Å². The fourth-order valence-electron chi connectivity index (χ4n) is 1.65. The van der Waals surface area contributed by atoms with Crippen LogP contribution in [0.25, 0.3) is 5.95 Å². The summed E-state index contributed by atoms with van der Waals surface area (Å²) < 4.78 is 1.39. The van der Waals surface area contributed by atoms with Crippen LogP contribution in [0.3, 0.4) is 0 Å². The molecule has 0 aliphatic rings. The lowest BCUT2D eigenvalue weighted by Crippen LogP contribution is -2.23. The van der Waals surface area contributed by atoms with Gasteiger partial charge in [-0.15, -0.1) is 0 Å². The van der Waals surface area contributed by atoms with Crippen LogP contribution in [0.4, 0.5) is 11.9 Å². The normalized spacial score (nSPS) is 14.1. The molecule has 9 nitrogen and oxygen atoms in total. The molecule has 0 aliphatic heterocycles. The highest BCUT2D eigenvalue weighted by Crippen LogP contribution is 2.09. The first kappa shape index (κ1) is 13.1. The zero-order valence-corrected chi connectivity index (χ0v) is 10.7. The average Bonchev–Trinajstić information content (AvgIpc) is 2.79. The summed E-state index contributed by atoms with van der Waals surface area (Å²) in [4.78, 5) is 16.0. The highest BCUT2D eigenvalue weighted by molar-refractivity contribution is 5.35. The summed E-state index contributed by atoms with van der Waals surface area (Å²) >= 11 is 0. The molecule has 0 aliphatic carbocycles. The molecule has 0 spiro atoms. The molecule has 2 rings (SSSR count). The summed E-state index contributed by atoms with van der Waals surface area (Å²) in [7, 11) is 0. The smallest absolute Gasteiger partial charge is 0.258 e. The third kappa shape index (κ3) is 3.58. The largest absolute Gasteiger partial charge is 0.393 e. The van der Waals surface area contributed by atoms with E-state index in [9.17, 15) is 5.11 Å². The number of aliphatic hydroxyl groups is 1. The van der Waals surface area contributed by atoms with Crippen molar-refractivity contribution in [1.29, 1.82) is 0 Å². The molecule has 0 amide bonds. The Labute approximate surface area is 109 Å². The van der Waals surface area contributed by atoms with E-state index >= 15 is 0 Å². The second kappa shape index (κ2) is 5.57. The van der Waals surface area contributed by atoms with E-state index in [0.29, 0.717) is 12.4 Å². The Morgan fingerprint density at radius 3 is 2.79 bits per heavy atom. The maximum Gasteiger partial charge on any atom is 0.258 e. The van der Waals surface area contributed by atoms with E-state index in [-0.39, 0.29) is 17.9 Å². The molecule has 4 N–H and O–H groups in total. The number of hydrogen-bond donors (Lipinski definition) is 3. The van der Waals surface area contributed by atoms with Crippen LogP contribution in [0.15, 0.2) is 12.7 Å². The van der Waals surface area contributed by atoms with Crippen LogP contribution in [0.1, 0.15) is 20.3 Å². The molecule has 19 heavy (non-hydrogen) atoms. The van der Waals surface area contributed by atoms with Gasteiger partial charge in [0.25, 0.3) is 5.95 Å².